The van der Waals surface area contributed by atoms with Crippen molar-refractivity contribution >= 4 is 11.6 Å². The van der Waals surface area contributed by atoms with E-state index in [-0.39, 0.29) is 5.91 Å². The van der Waals surface area contributed by atoms with Crippen LogP contribution < -0.4 is 4.90 Å². The fourth-order valence-corrected chi connectivity index (χ4v) is 2.78. The molecule has 0 radical (unpaired) electrons. The number of benzene rings is 1. The predicted molar refractivity (Wildman–Crippen MR) is 87.0 cm³/mol. The van der Waals surface area contributed by atoms with E-state index in [9.17, 15) is 9.90 Å². The van der Waals surface area contributed by atoms with Gasteiger partial charge in [0.25, 0.3) is 5.91 Å². The van der Waals surface area contributed by atoms with E-state index in [4.69, 9.17) is 5.26 Å². The Kier molecular flexibility index (Phi) is 4.08. The van der Waals surface area contributed by atoms with Crippen LogP contribution in [0.15, 0.2) is 30.5 Å². The summed E-state index contributed by atoms with van der Waals surface area (Å²) in [5.41, 5.74) is 0.672. The summed E-state index contributed by atoms with van der Waals surface area (Å²) in [6, 6.07) is 8.60. The van der Waals surface area contributed by atoms with Crippen LogP contribution in [0.3, 0.4) is 0 Å². The quantitative estimate of drug-likeness (QED) is 0.927. The zero-order chi connectivity index (χ0) is 17.3. The zero-order valence-corrected chi connectivity index (χ0v) is 13.7. The van der Waals surface area contributed by atoms with E-state index in [0.717, 1.165) is 12.1 Å². The van der Waals surface area contributed by atoms with Crippen molar-refractivity contribution in [1.82, 2.24) is 15.0 Å². The Morgan fingerprint density at radius 1 is 1.33 bits per heavy atom. The first kappa shape index (κ1) is 16.1. The van der Waals surface area contributed by atoms with Gasteiger partial charge in [0.2, 0.25) is 0 Å². The Morgan fingerprint density at radius 2 is 2.04 bits per heavy atom. The minimum Gasteiger partial charge on any atom is -0.384 e. The maximum atomic E-state index is 12.8. The first-order chi connectivity index (χ1) is 11.4. The minimum absolute atomic E-state index is 0.0573. The molecule has 1 amide bonds. The Morgan fingerprint density at radius 3 is 2.62 bits per heavy atom. The average molecular weight is 325 g/mol. The molecule has 0 saturated carbocycles. The molecule has 1 unspecified atom stereocenters. The van der Waals surface area contributed by atoms with E-state index in [2.05, 4.69) is 16.4 Å². The molecule has 7 nitrogen and oxygen atoms in total. The van der Waals surface area contributed by atoms with Crippen molar-refractivity contribution in [2.24, 2.45) is 0 Å². The van der Waals surface area contributed by atoms with Crippen LogP contribution in [0.5, 0.6) is 0 Å². The van der Waals surface area contributed by atoms with Gasteiger partial charge in [0.1, 0.15) is 17.3 Å². The minimum atomic E-state index is -1.09. The molecular formula is C17H19N5O2. The first-order valence-electron chi connectivity index (χ1n) is 7.86. The summed E-state index contributed by atoms with van der Waals surface area (Å²) in [6.45, 7) is 3.90. The molecule has 1 N–H and O–H groups in total. The molecule has 0 spiro atoms. The summed E-state index contributed by atoms with van der Waals surface area (Å²) in [6.07, 6.45) is 3.15. The number of carbonyl (C=O) groups excluding carboxylic acids is 1. The van der Waals surface area contributed by atoms with E-state index >= 15 is 0 Å². The van der Waals surface area contributed by atoms with E-state index in [1.165, 1.54) is 4.68 Å². The highest BCUT2D eigenvalue weighted by Gasteiger charge is 2.33. The molecule has 0 aliphatic carbocycles. The van der Waals surface area contributed by atoms with Crippen molar-refractivity contribution < 1.29 is 9.90 Å². The third-order valence-electron chi connectivity index (χ3n) is 4.17. The highest BCUT2D eigenvalue weighted by molar-refractivity contribution is 5.96. The number of aliphatic hydroxyl groups is 1. The summed E-state index contributed by atoms with van der Waals surface area (Å²) in [5.74, 6) is -0.0573. The van der Waals surface area contributed by atoms with Crippen LogP contribution in [-0.2, 0) is 10.4 Å². The monoisotopic (exact) mass is 325 g/mol. The predicted octanol–water partition coefficient (Wildman–Crippen LogP) is 1.75. The number of hydrogen-bond donors (Lipinski definition) is 1. The lowest BCUT2D eigenvalue weighted by molar-refractivity contribution is -0.123. The van der Waals surface area contributed by atoms with E-state index in [0.29, 0.717) is 24.2 Å². The second-order valence-electron chi connectivity index (χ2n) is 6.45. The van der Waals surface area contributed by atoms with Crippen LogP contribution in [0.1, 0.15) is 44.0 Å². The summed E-state index contributed by atoms with van der Waals surface area (Å²) < 4.78 is 1.53. The molecular weight excluding hydrogens is 306 g/mol. The molecule has 2 heterocycles. The van der Waals surface area contributed by atoms with Gasteiger partial charge in [-0.2, -0.15) is 5.26 Å². The van der Waals surface area contributed by atoms with Crippen molar-refractivity contribution in [3.63, 3.8) is 0 Å². The number of piperidine rings is 1. The number of rotatable bonds is 3. The standard InChI is InChI=1S/C17H19N5O2/c1-17(2,24)15-11-22(20-19-15)14-4-3-9-21(16(14)23)13-7-5-12(10-18)6-8-13/h5-8,11,14,24H,3-4,9H2,1-2H3. The van der Waals surface area contributed by atoms with Crippen molar-refractivity contribution in [2.75, 3.05) is 11.4 Å². The summed E-state index contributed by atoms with van der Waals surface area (Å²) in [4.78, 5) is 14.6. The molecule has 1 fully saturated rings. The number of nitrogens with zero attached hydrogens (tertiary/aromatic N) is 5. The Balaban J connectivity index is 1.84. The Bertz CT molecular complexity index is 783. The second kappa shape index (κ2) is 6.06. The van der Waals surface area contributed by atoms with Gasteiger partial charge in [-0.25, -0.2) is 4.68 Å². The largest absolute Gasteiger partial charge is 0.384 e. The van der Waals surface area contributed by atoms with Gasteiger partial charge in [0.05, 0.1) is 17.8 Å². The molecule has 1 aromatic heterocycles. The molecule has 2 aromatic rings. The van der Waals surface area contributed by atoms with E-state index in [1.807, 2.05) is 0 Å². The smallest absolute Gasteiger partial charge is 0.251 e. The van der Waals surface area contributed by atoms with Crippen LogP contribution in [-0.4, -0.2) is 32.6 Å². The van der Waals surface area contributed by atoms with E-state index in [1.54, 1.807) is 49.2 Å². The maximum Gasteiger partial charge on any atom is 0.251 e. The van der Waals surface area contributed by atoms with Crippen LogP contribution >= 0.6 is 0 Å². The third-order valence-corrected chi connectivity index (χ3v) is 4.17. The van der Waals surface area contributed by atoms with Crippen LogP contribution in [0, 0.1) is 11.3 Å². The molecule has 24 heavy (non-hydrogen) atoms. The lowest BCUT2D eigenvalue weighted by Crippen LogP contribution is -2.42. The molecule has 1 aliphatic rings. The summed E-state index contributed by atoms with van der Waals surface area (Å²) >= 11 is 0. The first-order valence-corrected chi connectivity index (χ1v) is 7.86. The van der Waals surface area contributed by atoms with Crippen LogP contribution in [0.2, 0.25) is 0 Å². The Labute approximate surface area is 140 Å². The molecule has 0 bridgehead atoms. The van der Waals surface area contributed by atoms with Crippen molar-refractivity contribution in [3.05, 3.63) is 41.7 Å². The number of carbonyl (C=O) groups is 1. The fourth-order valence-electron chi connectivity index (χ4n) is 2.78. The number of amides is 1. The van der Waals surface area contributed by atoms with Gasteiger partial charge in [0, 0.05) is 12.2 Å². The van der Waals surface area contributed by atoms with Gasteiger partial charge in [-0.15, -0.1) is 5.10 Å². The molecule has 1 aliphatic heterocycles. The van der Waals surface area contributed by atoms with Crippen molar-refractivity contribution in [2.45, 2.75) is 38.3 Å². The van der Waals surface area contributed by atoms with Crippen LogP contribution in [0.4, 0.5) is 5.69 Å². The SMILES string of the molecule is CC(C)(O)c1cn(C2CCCN(c3ccc(C#N)cc3)C2=O)nn1. The van der Waals surface area contributed by atoms with Crippen molar-refractivity contribution in [1.29, 1.82) is 5.26 Å². The lowest BCUT2D eigenvalue weighted by Gasteiger charge is -2.32. The second-order valence-corrected chi connectivity index (χ2v) is 6.45. The summed E-state index contributed by atoms with van der Waals surface area (Å²) in [5, 5.41) is 26.9. The van der Waals surface area contributed by atoms with Crippen LogP contribution in [0.25, 0.3) is 0 Å². The average Bonchev–Trinajstić information content (AvgIpc) is 3.05. The van der Waals surface area contributed by atoms with Gasteiger partial charge in [0.15, 0.2) is 0 Å². The maximum absolute atomic E-state index is 12.8. The van der Waals surface area contributed by atoms with Gasteiger partial charge in [-0.05, 0) is 51.0 Å². The number of anilines is 1. The molecule has 7 heteroatoms. The van der Waals surface area contributed by atoms with Gasteiger partial charge < -0.3 is 10.0 Å². The number of aromatic nitrogens is 3. The molecule has 1 aromatic carbocycles. The zero-order valence-electron chi connectivity index (χ0n) is 13.7. The Hall–Kier alpha value is -2.72. The van der Waals surface area contributed by atoms with Gasteiger partial charge >= 0.3 is 0 Å². The van der Waals surface area contributed by atoms with Gasteiger partial charge in [-0.1, -0.05) is 5.21 Å². The number of hydrogen-bond acceptors (Lipinski definition) is 5. The molecule has 124 valence electrons. The molecule has 1 atom stereocenters. The van der Waals surface area contributed by atoms with Gasteiger partial charge in [-0.3, -0.25) is 4.79 Å². The summed E-state index contributed by atoms with van der Waals surface area (Å²) in [7, 11) is 0. The normalized spacial score (nSPS) is 18.5. The van der Waals surface area contributed by atoms with Crippen molar-refractivity contribution in [3.8, 4) is 6.07 Å². The molecule has 1 saturated heterocycles. The third kappa shape index (κ3) is 3.01. The fraction of sp³-hybridized carbons (Fsp3) is 0.412. The number of nitriles is 1. The lowest BCUT2D eigenvalue weighted by atomic mass is 10.0. The molecule has 3 rings (SSSR count). The topological polar surface area (TPSA) is 95.0 Å². The van der Waals surface area contributed by atoms with E-state index < -0.39 is 11.6 Å². The highest BCUT2D eigenvalue weighted by atomic mass is 16.3. The highest BCUT2D eigenvalue weighted by Crippen LogP contribution is 2.28.